The molecule has 26 heavy (non-hydrogen) atoms. The van der Waals surface area contributed by atoms with Crippen LogP contribution in [0.25, 0.3) is 11.4 Å². The average molecular weight is 368 g/mol. The number of hydrogen-bond acceptors (Lipinski definition) is 6. The number of urea groups is 1. The van der Waals surface area contributed by atoms with Crippen LogP contribution in [0.3, 0.4) is 0 Å². The van der Waals surface area contributed by atoms with E-state index < -0.39 is 11.6 Å². The van der Waals surface area contributed by atoms with Crippen molar-refractivity contribution in [2.24, 2.45) is 0 Å². The first-order valence-corrected chi connectivity index (χ1v) is 8.98. The molecule has 7 nitrogen and oxygen atoms in total. The zero-order valence-corrected chi connectivity index (χ0v) is 15.0. The Labute approximate surface area is 153 Å². The van der Waals surface area contributed by atoms with Gasteiger partial charge in [0.05, 0.1) is 0 Å². The molecule has 4 rings (SSSR count). The highest BCUT2D eigenvalue weighted by Gasteiger charge is 2.49. The first kappa shape index (κ1) is 16.5. The van der Waals surface area contributed by atoms with Gasteiger partial charge in [0.1, 0.15) is 12.1 Å². The van der Waals surface area contributed by atoms with Gasteiger partial charge in [-0.2, -0.15) is 16.3 Å². The van der Waals surface area contributed by atoms with Gasteiger partial charge in [-0.25, -0.2) is 4.79 Å². The van der Waals surface area contributed by atoms with Crippen molar-refractivity contribution in [2.75, 3.05) is 0 Å². The summed E-state index contributed by atoms with van der Waals surface area (Å²) in [6.07, 6.45) is 0. The molecule has 3 aromatic rings. The van der Waals surface area contributed by atoms with Crippen LogP contribution >= 0.6 is 11.3 Å². The van der Waals surface area contributed by atoms with Crippen LogP contribution in [-0.4, -0.2) is 27.0 Å². The Morgan fingerprint density at radius 2 is 2.15 bits per heavy atom. The number of aromatic nitrogens is 2. The van der Waals surface area contributed by atoms with Crippen molar-refractivity contribution in [2.45, 2.75) is 25.9 Å². The predicted molar refractivity (Wildman–Crippen MR) is 95.2 cm³/mol. The van der Waals surface area contributed by atoms with E-state index in [0.29, 0.717) is 5.82 Å². The average Bonchev–Trinajstić information content (AvgIpc) is 3.34. The van der Waals surface area contributed by atoms with E-state index in [4.69, 9.17) is 4.52 Å². The van der Waals surface area contributed by atoms with E-state index in [1.165, 1.54) is 11.3 Å². The van der Waals surface area contributed by atoms with E-state index in [0.717, 1.165) is 21.6 Å². The Kier molecular flexibility index (Phi) is 3.84. The van der Waals surface area contributed by atoms with E-state index in [-0.39, 0.29) is 18.3 Å². The van der Waals surface area contributed by atoms with Crippen molar-refractivity contribution in [3.05, 3.63) is 58.1 Å². The number of carbonyl (C=O) groups excluding carboxylic acids is 2. The fraction of sp³-hybridized carbons (Fsp3) is 0.222. The van der Waals surface area contributed by atoms with E-state index in [2.05, 4.69) is 15.5 Å². The van der Waals surface area contributed by atoms with Gasteiger partial charge in [-0.05, 0) is 42.3 Å². The van der Waals surface area contributed by atoms with Crippen molar-refractivity contribution in [1.82, 2.24) is 20.4 Å². The molecule has 1 aliphatic rings. The second-order valence-electron chi connectivity index (χ2n) is 6.34. The largest absolute Gasteiger partial charge is 0.337 e. The molecule has 1 atom stereocenters. The molecule has 8 heteroatoms. The number of nitrogens with one attached hydrogen (secondary N) is 1. The Hall–Kier alpha value is -3.00. The molecule has 1 aliphatic heterocycles. The maximum absolute atomic E-state index is 12.8. The summed E-state index contributed by atoms with van der Waals surface area (Å²) in [5, 5.41) is 10.4. The van der Waals surface area contributed by atoms with Gasteiger partial charge in [0, 0.05) is 5.56 Å². The third-order valence-electron chi connectivity index (χ3n) is 4.41. The van der Waals surface area contributed by atoms with Crippen molar-refractivity contribution in [1.29, 1.82) is 0 Å². The topological polar surface area (TPSA) is 88.3 Å². The van der Waals surface area contributed by atoms with Crippen molar-refractivity contribution in [3.63, 3.8) is 0 Å². The number of thiophene rings is 1. The molecule has 1 N–H and O–H groups in total. The number of carbonyl (C=O) groups is 2. The first-order valence-electron chi connectivity index (χ1n) is 8.04. The lowest BCUT2D eigenvalue weighted by molar-refractivity contribution is -0.131. The van der Waals surface area contributed by atoms with Gasteiger partial charge in [-0.1, -0.05) is 28.9 Å². The van der Waals surface area contributed by atoms with E-state index in [1.807, 2.05) is 48.0 Å². The summed E-state index contributed by atoms with van der Waals surface area (Å²) in [6.45, 7) is 3.60. The number of rotatable bonds is 4. The van der Waals surface area contributed by atoms with Crippen LogP contribution in [0.5, 0.6) is 0 Å². The van der Waals surface area contributed by atoms with Crippen LogP contribution in [0, 0.1) is 6.92 Å². The summed E-state index contributed by atoms with van der Waals surface area (Å²) >= 11 is 1.47. The van der Waals surface area contributed by atoms with Crippen LogP contribution in [0.4, 0.5) is 4.79 Å². The van der Waals surface area contributed by atoms with Gasteiger partial charge in [0.2, 0.25) is 11.7 Å². The van der Waals surface area contributed by atoms with Gasteiger partial charge in [-0.15, -0.1) is 0 Å². The SMILES string of the molecule is Cc1cccc(-c2noc(CN3C(=O)NC(C)(c4ccsc4)C3=O)n2)c1. The number of amides is 3. The molecular weight excluding hydrogens is 352 g/mol. The Bertz CT molecular complexity index is 982. The summed E-state index contributed by atoms with van der Waals surface area (Å²) in [4.78, 5) is 30.6. The molecule has 132 valence electrons. The molecule has 0 radical (unpaired) electrons. The molecular formula is C18H16N4O3S. The van der Waals surface area contributed by atoms with Crippen molar-refractivity contribution < 1.29 is 14.1 Å². The third kappa shape index (κ3) is 2.68. The summed E-state index contributed by atoms with van der Waals surface area (Å²) < 4.78 is 5.24. The summed E-state index contributed by atoms with van der Waals surface area (Å²) in [6, 6.07) is 9.06. The monoisotopic (exact) mass is 368 g/mol. The van der Waals surface area contributed by atoms with Gasteiger partial charge in [0.15, 0.2) is 0 Å². The molecule has 0 saturated carbocycles. The number of nitrogens with zero attached hydrogens (tertiary/aromatic N) is 3. The molecule has 0 aliphatic carbocycles. The quantitative estimate of drug-likeness (QED) is 0.715. The molecule has 3 heterocycles. The minimum Gasteiger partial charge on any atom is -0.337 e. The van der Waals surface area contributed by atoms with Crippen LogP contribution < -0.4 is 5.32 Å². The number of hydrogen-bond donors (Lipinski definition) is 1. The molecule has 1 fully saturated rings. The van der Waals surface area contributed by atoms with Gasteiger partial charge in [0.25, 0.3) is 5.91 Å². The zero-order valence-electron chi connectivity index (χ0n) is 14.2. The minimum atomic E-state index is -1.07. The van der Waals surface area contributed by atoms with Crippen molar-refractivity contribution >= 4 is 23.3 Å². The fourth-order valence-corrected chi connectivity index (χ4v) is 3.71. The van der Waals surface area contributed by atoms with Gasteiger partial charge < -0.3 is 9.84 Å². The van der Waals surface area contributed by atoms with Crippen LogP contribution in [0.1, 0.15) is 23.9 Å². The molecule has 1 unspecified atom stereocenters. The maximum atomic E-state index is 12.8. The second kappa shape index (κ2) is 6.06. The highest BCUT2D eigenvalue weighted by molar-refractivity contribution is 7.08. The normalized spacial score (nSPS) is 19.8. The third-order valence-corrected chi connectivity index (χ3v) is 5.09. The lowest BCUT2D eigenvalue weighted by atomic mass is 9.95. The lowest BCUT2D eigenvalue weighted by Gasteiger charge is -2.20. The number of imide groups is 1. The zero-order chi connectivity index (χ0) is 18.3. The molecule has 1 saturated heterocycles. The second-order valence-corrected chi connectivity index (χ2v) is 7.12. The Morgan fingerprint density at radius 1 is 1.31 bits per heavy atom. The number of benzene rings is 1. The molecule has 0 bridgehead atoms. The summed E-state index contributed by atoms with van der Waals surface area (Å²) in [5.74, 6) is 0.298. The molecule has 0 spiro atoms. The van der Waals surface area contributed by atoms with Crippen LogP contribution in [0.15, 0.2) is 45.6 Å². The summed E-state index contributed by atoms with van der Waals surface area (Å²) in [7, 11) is 0. The first-order chi connectivity index (χ1) is 12.5. The predicted octanol–water partition coefficient (Wildman–Crippen LogP) is 3.07. The van der Waals surface area contributed by atoms with Crippen LogP contribution in [-0.2, 0) is 16.9 Å². The summed E-state index contributed by atoms with van der Waals surface area (Å²) in [5.41, 5.74) is 1.58. The number of aryl methyl sites for hydroxylation is 1. The molecule has 2 aromatic heterocycles. The standard InChI is InChI=1S/C18H16N4O3S/c1-11-4-3-5-12(8-11)15-19-14(25-21-15)9-22-16(23)18(2,20-17(22)24)13-6-7-26-10-13/h3-8,10H,9H2,1-2H3,(H,20,24). The smallest absolute Gasteiger partial charge is 0.325 e. The van der Waals surface area contributed by atoms with Crippen molar-refractivity contribution in [3.8, 4) is 11.4 Å². The molecule has 3 amide bonds. The Balaban J connectivity index is 1.56. The maximum Gasteiger partial charge on any atom is 0.325 e. The van der Waals surface area contributed by atoms with Gasteiger partial charge >= 0.3 is 6.03 Å². The van der Waals surface area contributed by atoms with E-state index in [9.17, 15) is 9.59 Å². The van der Waals surface area contributed by atoms with E-state index in [1.54, 1.807) is 6.92 Å². The Morgan fingerprint density at radius 3 is 2.88 bits per heavy atom. The van der Waals surface area contributed by atoms with E-state index >= 15 is 0 Å². The minimum absolute atomic E-state index is 0.0663. The van der Waals surface area contributed by atoms with Gasteiger partial charge in [-0.3, -0.25) is 9.69 Å². The molecule has 1 aromatic carbocycles. The lowest BCUT2D eigenvalue weighted by Crippen LogP contribution is -2.40. The highest BCUT2D eigenvalue weighted by atomic mass is 32.1. The highest BCUT2D eigenvalue weighted by Crippen LogP contribution is 2.31. The van der Waals surface area contributed by atoms with Crippen LogP contribution in [0.2, 0.25) is 0 Å². The fourth-order valence-electron chi connectivity index (χ4n) is 2.94.